The topological polar surface area (TPSA) is 96.7 Å². The van der Waals surface area contributed by atoms with Crippen LogP contribution in [0.25, 0.3) is 33.5 Å². The number of alkyl halides is 3. The Morgan fingerprint density at radius 3 is 2.53 bits per heavy atom. The second-order valence-corrected chi connectivity index (χ2v) is 9.16. The molecule has 0 aromatic carbocycles. The van der Waals surface area contributed by atoms with Crippen molar-refractivity contribution in [1.29, 1.82) is 0 Å². The zero-order valence-corrected chi connectivity index (χ0v) is 17.7. The molecule has 3 fully saturated rings. The van der Waals surface area contributed by atoms with Gasteiger partial charge >= 0.3 is 12.1 Å². The van der Waals surface area contributed by atoms with Gasteiger partial charge in [0.15, 0.2) is 11.6 Å². The molecule has 0 amide bonds. The second kappa shape index (κ2) is 7.25. The van der Waals surface area contributed by atoms with Crippen LogP contribution in [0.3, 0.4) is 0 Å². The highest BCUT2D eigenvalue weighted by atomic mass is 19.4. The lowest BCUT2D eigenvalue weighted by molar-refractivity contribution is -0.151. The number of carboxylic acids is 1. The normalized spacial score (nSPS) is 24.8. The minimum Gasteiger partial charge on any atom is -0.481 e. The number of nitrogens with zero attached hydrogens (tertiary/aromatic N) is 4. The lowest BCUT2D eigenvalue weighted by Crippen LogP contribution is -2.44. The molecule has 3 aliphatic carbocycles. The summed E-state index contributed by atoms with van der Waals surface area (Å²) in [7, 11) is 0. The number of carboxylic acid groups (broad SMARTS) is 1. The van der Waals surface area contributed by atoms with Gasteiger partial charge in [0.25, 0.3) is 0 Å². The molecule has 7 rings (SSSR count). The number of hydrogen-bond acceptors (Lipinski definition) is 4. The first-order valence-corrected chi connectivity index (χ1v) is 11.0. The van der Waals surface area contributed by atoms with Crippen molar-refractivity contribution >= 4 is 28.0 Å². The third-order valence-corrected chi connectivity index (χ3v) is 7.40. The Morgan fingerprint density at radius 2 is 1.82 bits per heavy atom. The van der Waals surface area contributed by atoms with Crippen molar-refractivity contribution < 1.29 is 27.5 Å². The van der Waals surface area contributed by atoms with E-state index in [1.165, 1.54) is 18.6 Å². The van der Waals surface area contributed by atoms with Crippen LogP contribution in [-0.2, 0) is 11.0 Å². The average Bonchev–Trinajstić information content (AvgIpc) is 3.39. The van der Waals surface area contributed by atoms with Gasteiger partial charge in [0.05, 0.1) is 22.9 Å². The van der Waals surface area contributed by atoms with Crippen molar-refractivity contribution in [2.24, 2.45) is 17.8 Å². The Morgan fingerprint density at radius 1 is 1.09 bits per heavy atom. The van der Waals surface area contributed by atoms with Crippen molar-refractivity contribution in [1.82, 2.24) is 24.5 Å². The molecule has 7 nitrogen and oxygen atoms in total. The van der Waals surface area contributed by atoms with E-state index >= 15 is 0 Å². The highest BCUT2D eigenvalue weighted by molar-refractivity contribution is 5.93. The molecule has 2 atom stereocenters. The molecule has 176 valence electrons. The maximum atomic E-state index is 14.9. The lowest BCUT2D eigenvalue weighted by atomic mass is 9.61. The van der Waals surface area contributed by atoms with Gasteiger partial charge in [0, 0.05) is 35.7 Å². The molecule has 0 aliphatic heterocycles. The van der Waals surface area contributed by atoms with Crippen molar-refractivity contribution in [3.05, 3.63) is 42.2 Å². The summed E-state index contributed by atoms with van der Waals surface area (Å²) >= 11 is 0. The van der Waals surface area contributed by atoms with Crippen molar-refractivity contribution in [3.8, 4) is 11.4 Å². The van der Waals surface area contributed by atoms with Crippen LogP contribution in [0.2, 0.25) is 0 Å². The first-order valence-electron chi connectivity index (χ1n) is 11.0. The van der Waals surface area contributed by atoms with Crippen LogP contribution >= 0.6 is 0 Å². The van der Waals surface area contributed by atoms with Gasteiger partial charge in [-0.25, -0.2) is 19.3 Å². The molecule has 4 heterocycles. The number of hydrogen-bond donors (Lipinski definition) is 2. The molecule has 0 saturated heterocycles. The third-order valence-electron chi connectivity index (χ3n) is 7.40. The van der Waals surface area contributed by atoms with E-state index in [-0.39, 0.29) is 39.7 Å². The molecule has 3 aliphatic rings. The molecule has 4 aromatic rings. The molecule has 11 heteroatoms. The van der Waals surface area contributed by atoms with Gasteiger partial charge in [0.2, 0.25) is 0 Å². The lowest BCUT2D eigenvalue weighted by Gasteiger charge is -2.47. The fourth-order valence-electron chi connectivity index (χ4n) is 5.86. The van der Waals surface area contributed by atoms with E-state index in [2.05, 4.69) is 19.9 Å². The predicted octanol–water partition coefficient (Wildman–Crippen LogP) is 5.19. The van der Waals surface area contributed by atoms with Crippen molar-refractivity contribution in [3.63, 3.8) is 0 Å². The van der Waals surface area contributed by atoms with Crippen LogP contribution in [-0.4, -0.2) is 35.6 Å². The number of carbonyl (C=O) groups is 1. The van der Waals surface area contributed by atoms with E-state index in [0.717, 1.165) is 37.9 Å². The summed E-state index contributed by atoms with van der Waals surface area (Å²) in [5, 5.41) is 10.3. The SMILES string of the molecule is O=C(O)[C@@H]1C2CCC(CC2)[C@H]1n1cc(F)c2cnc(-c3c[nH]c4ncc(C(F)(F)F)cc34)nc21. The van der Waals surface area contributed by atoms with E-state index in [0.29, 0.717) is 5.56 Å². The number of fused-ring (bicyclic) bond motifs is 5. The maximum absolute atomic E-state index is 14.9. The fraction of sp³-hybridized carbons (Fsp3) is 0.391. The van der Waals surface area contributed by atoms with Crippen LogP contribution in [0.4, 0.5) is 17.6 Å². The minimum atomic E-state index is -4.56. The molecule has 0 radical (unpaired) electrons. The fourth-order valence-corrected chi connectivity index (χ4v) is 5.86. The van der Waals surface area contributed by atoms with Crippen molar-refractivity contribution in [2.45, 2.75) is 37.9 Å². The summed E-state index contributed by atoms with van der Waals surface area (Å²) in [5.41, 5.74) is -0.133. The van der Waals surface area contributed by atoms with E-state index < -0.39 is 35.5 Å². The Kier molecular flexibility index (Phi) is 4.49. The highest BCUT2D eigenvalue weighted by Crippen LogP contribution is 2.52. The van der Waals surface area contributed by atoms with Crippen LogP contribution in [0, 0.1) is 23.6 Å². The van der Waals surface area contributed by atoms with Gasteiger partial charge in [-0.3, -0.25) is 4.79 Å². The number of halogens is 4. The highest BCUT2D eigenvalue weighted by Gasteiger charge is 2.48. The van der Waals surface area contributed by atoms with E-state index in [9.17, 15) is 27.5 Å². The number of aromatic amines is 1. The molecular formula is C23H19F4N5O2. The Labute approximate surface area is 189 Å². The van der Waals surface area contributed by atoms with Gasteiger partial charge < -0.3 is 14.7 Å². The predicted molar refractivity (Wildman–Crippen MR) is 113 cm³/mol. The van der Waals surface area contributed by atoms with Crippen LogP contribution < -0.4 is 0 Å². The van der Waals surface area contributed by atoms with E-state index in [4.69, 9.17) is 0 Å². The molecular weight excluding hydrogens is 454 g/mol. The van der Waals surface area contributed by atoms with Gasteiger partial charge in [-0.05, 0) is 43.6 Å². The summed E-state index contributed by atoms with van der Waals surface area (Å²) < 4.78 is 56.1. The first-order chi connectivity index (χ1) is 16.2. The largest absolute Gasteiger partial charge is 0.481 e. The number of rotatable bonds is 3. The Balaban J connectivity index is 1.51. The minimum absolute atomic E-state index is 0.0230. The van der Waals surface area contributed by atoms with E-state index in [1.807, 2.05) is 0 Å². The molecule has 4 aromatic heterocycles. The smallest absolute Gasteiger partial charge is 0.417 e. The summed E-state index contributed by atoms with van der Waals surface area (Å²) in [5.74, 6) is -1.90. The molecule has 2 N–H and O–H groups in total. The van der Waals surface area contributed by atoms with Crippen LogP contribution in [0.1, 0.15) is 37.3 Å². The molecule has 0 unspecified atom stereocenters. The van der Waals surface area contributed by atoms with Crippen LogP contribution in [0.5, 0.6) is 0 Å². The van der Waals surface area contributed by atoms with Gasteiger partial charge in [-0.15, -0.1) is 0 Å². The zero-order chi connectivity index (χ0) is 23.8. The number of aliphatic carboxylic acids is 1. The number of nitrogens with one attached hydrogen (secondary N) is 1. The van der Waals surface area contributed by atoms with Gasteiger partial charge in [-0.1, -0.05) is 0 Å². The number of aromatic nitrogens is 5. The monoisotopic (exact) mass is 473 g/mol. The summed E-state index contributed by atoms with van der Waals surface area (Å²) in [6.07, 6.45) is 3.63. The third kappa shape index (κ3) is 3.09. The molecule has 2 bridgehead atoms. The number of H-pyrrole nitrogens is 1. The molecule has 3 saturated carbocycles. The maximum Gasteiger partial charge on any atom is 0.417 e. The van der Waals surface area contributed by atoms with Gasteiger partial charge in [0.1, 0.15) is 11.3 Å². The zero-order valence-electron chi connectivity index (χ0n) is 17.7. The molecule has 34 heavy (non-hydrogen) atoms. The second-order valence-electron chi connectivity index (χ2n) is 9.16. The van der Waals surface area contributed by atoms with Gasteiger partial charge in [-0.2, -0.15) is 13.2 Å². The van der Waals surface area contributed by atoms with Crippen molar-refractivity contribution in [2.75, 3.05) is 0 Å². The van der Waals surface area contributed by atoms with E-state index in [1.54, 1.807) is 4.57 Å². The Hall–Kier alpha value is -3.50. The quantitative estimate of drug-likeness (QED) is 0.399. The number of pyridine rings is 1. The standard InChI is InChI=1S/C23H19F4N5O2/c24-16-9-32(18-11-3-1-10(2-4-11)17(18)22(33)34)21-15(16)8-30-20(31-21)14-7-29-19-13(14)5-12(6-28-19)23(25,26)27/h5-11,17-18H,1-4H2,(H,28,29)(H,33,34)/t10?,11?,17-,18-/m1/s1. The summed E-state index contributed by atoms with van der Waals surface area (Å²) in [4.78, 5) is 27.5. The molecule has 0 spiro atoms. The summed E-state index contributed by atoms with van der Waals surface area (Å²) in [6.45, 7) is 0. The first kappa shape index (κ1) is 21.1. The average molecular weight is 473 g/mol. The van der Waals surface area contributed by atoms with Crippen LogP contribution in [0.15, 0.2) is 30.9 Å². The Bertz CT molecular complexity index is 1430. The summed E-state index contributed by atoms with van der Waals surface area (Å²) in [6, 6.07) is 0.531.